The van der Waals surface area contributed by atoms with Crippen LogP contribution in [-0.2, 0) is 0 Å². The van der Waals surface area contributed by atoms with E-state index < -0.39 is 0 Å². The second-order valence-electron chi connectivity index (χ2n) is 6.70. The predicted molar refractivity (Wildman–Crippen MR) is 105 cm³/mol. The molecule has 1 aliphatic heterocycles. The zero-order valence-electron chi connectivity index (χ0n) is 14.5. The van der Waals surface area contributed by atoms with Gasteiger partial charge >= 0.3 is 0 Å². The van der Waals surface area contributed by atoms with E-state index in [1.165, 1.54) is 11.1 Å². The molecule has 0 bridgehead atoms. The molecule has 0 unspecified atom stereocenters. The van der Waals surface area contributed by atoms with Crippen molar-refractivity contribution < 1.29 is 5.21 Å². The van der Waals surface area contributed by atoms with Crippen LogP contribution in [0.1, 0.15) is 41.1 Å². The summed E-state index contributed by atoms with van der Waals surface area (Å²) in [5, 5.41) is 17.4. The van der Waals surface area contributed by atoms with E-state index in [1.54, 1.807) is 0 Å². The number of benzene rings is 3. The van der Waals surface area contributed by atoms with Crippen molar-refractivity contribution in [2.45, 2.75) is 24.4 Å². The highest BCUT2D eigenvalue weighted by molar-refractivity contribution is 5.93. The maximum absolute atomic E-state index is 9.81. The normalized spacial score (nSPS) is 24.5. The number of hydrogen-bond acceptors (Lipinski definition) is 3. The van der Waals surface area contributed by atoms with Gasteiger partial charge in [0.15, 0.2) is 0 Å². The summed E-state index contributed by atoms with van der Waals surface area (Å²) in [5.41, 5.74) is 4.38. The van der Waals surface area contributed by atoms with Gasteiger partial charge < -0.3 is 10.5 Å². The van der Waals surface area contributed by atoms with E-state index >= 15 is 0 Å². The molecule has 3 atom stereocenters. The van der Waals surface area contributed by atoms with Gasteiger partial charge in [-0.1, -0.05) is 96.2 Å². The molecule has 0 spiro atoms. The molecular formula is C23H22N2O. The van der Waals surface area contributed by atoms with Crippen molar-refractivity contribution in [3.8, 4) is 0 Å². The Kier molecular flexibility index (Phi) is 4.80. The van der Waals surface area contributed by atoms with Crippen molar-refractivity contribution in [2.24, 2.45) is 5.16 Å². The van der Waals surface area contributed by atoms with Gasteiger partial charge in [0, 0.05) is 24.4 Å². The van der Waals surface area contributed by atoms with Gasteiger partial charge in [0.25, 0.3) is 0 Å². The van der Waals surface area contributed by atoms with Crippen LogP contribution in [0, 0.1) is 0 Å². The minimum Gasteiger partial charge on any atom is -0.411 e. The van der Waals surface area contributed by atoms with E-state index in [1.807, 2.05) is 42.5 Å². The van der Waals surface area contributed by atoms with Crippen LogP contribution in [0.2, 0.25) is 0 Å². The molecule has 1 heterocycles. The summed E-state index contributed by atoms with van der Waals surface area (Å²) in [6.07, 6.45) is 0.684. The molecule has 0 aromatic heterocycles. The number of oxime groups is 1. The third-order valence-electron chi connectivity index (χ3n) is 5.13. The molecule has 3 aromatic carbocycles. The van der Waals surface area contributed by atoms with Gasteiger partial charge in [-0.2, -0.15) is 0 Å². The zero-order chi connectivity index (χ0) is 17.8. The Morgan fingerprint density at radius 2 is 1.19 bits per heavy atom. The number of hydrogen-bond donors (Lipinski definition) is 2. The topological polar surface area (TPSA) is 44.6 Å². The minimum atomic E-state index is 0.00330. The van der Waals surface area contributed by atoms with Gasteiger partial charge in [-0.05, 0) is 16.7 Å². The van der Waals surface area contributed by atoms with Gasteiger partial charge in [-0.3, -0.25) is 0 Å². The monoisotopic (exact) mass is 342 g/mol. The van der Waals surface area contributed by atoms with Crippen LogP contribution in [0.4, 0.5) is 0 Å². The summed E-state index contributed by atoms with van der Waals surface area (Å²) in [4.78, 5) is 0. The van der Waals surface area contributed by atoms with Crippen molar-refractivity contribution in [3.63, 3.8) is 0 Å². The molecular weight excluding hydrogens is 320 g/mol. The third kappa shape index (κ3) is 3.26. The van der Waals surface area contributed by atoms with Gasteiger partial charge in [-0.15, -0.1) is 0 Å². The van der Waals surface area contributed by atoms with Crippen LogP contribution in [-0.4, -0.2) is 10.9 Å². The average molecular weight is 342 g/mol. The van der Waals surface area contributed by atoms with Crippen molar-refractivity contribution >= 4 is 5.71 Å². The number of rotatable bonds is 3. The zero-order valence-corrected chi connectivity index (χ0v) is 14.5. The quantitative estimate of drug-likeness (QED) is 0.515. The number of nitrogens with zero attached hydrogens (tertiary/aromatic N) is 1. The van der Waals surface area contributed by atoms with Gasteiger partial charge in [0.1, 0.15) is 0 Å². The molecule has 1 saturated heterocycles. The predicted octanol–water partition coefficient (Wildman–Crippen LogP) is 5.08. The first kappa shape index (κ1) is 16.6. The highest BCUT2D eigenvalue weighted by Crippen LogP contribution is 2.41. The molecule has 0 saturated carbocycles. The Bertz CT molecular complexity index is 862. The lowest BCUT2D eigenvalue weighted by molar-refractivity contribution is 0.302. The number of nitrogens with one attached hydrogen (secondary N) is 1. The van der Waals surface area contributed by atoms with Crippen LogP contribution in [0.15, 0.2) is 96.2 Å². The summed E-state index contributed by atoms with van der Waals surface area (Å²) in [6.45, 7) is 0. The molecule has 0 amide bonds. The summed E-state index contributed by atoms with van der Waals surface area (Å²) in [5.74, 6) is 0.00330. The van der Waals surface area contributed by atoms with E-state index in [4.69, 9.17) is 0 Å². The van der Waals surface area contributed by atoms with E-state index in [9.17, 15) is 5.21 Å². The average Bonchev–Trinajstić information content (AvgIpc) is 2.74. The molecule has 0 radical (unpaired) electrons. The van der Waals surface area contributed by atoms with Crippen LogP contribution >= 0.6 is 0 Å². The molecule has 130 valence electrons. The SMILES string of the molecule is O/N=C1/C[C@@H](c2ccccc2)N[C@@H](c2ccccc2)[C@@H]1c1ccccc1. The van der Waals surface area contributed by atoms with Crippen LogP contribution in [0.25, 0.3) is 0 Å². The largest absolute Gasteiger partial charge is 0.411 e. The van der Waals surface area contributed by atoms with Crippen molar-refractivity contribution in [1.29, 1.82) is 0 Å². The van der Waals surface area contributed by atoms with E-state index in [-0.39, 0.29) is 18.0 Å². The minimum absolute atomic E-state index is 0.00330. The van der Waals surface area contributed by atoms with Crippen molar-refractivity contribution in [3.05, 3.63) is 108 Å². The van der Waals surface area contributed by atoms with Gasteiger partial charge in [0.2, 0.25) is 0 Å². The van der Waals surface area contributed by atoms with E-state index in [2.05, 4.69) is 59.0 Å². The second-order valence-corrected chi connectivity index (χ2v) is 6.70. The Hall–Kier alpha value is -2.91. The lowest BCUT2D eigenvalue weighted by atomic mass is 9.77. The molecule has 2 N–H and O–H groups in total. The molecule has 1 fully saturated rings. The van der Waals surface area contributed by atoms with Crippen molar-refractivity contribution in [2.75, 3.05) is 0 Å². The lowest BCUT2D eigenvalue weighted by Gasteiger charge is -2.39. The third-order valence-corrected chi connectivity index (χ3v) is 5.13. The molecule has 0 aliphatic carbocycles. The maximum Gasteiger partial charge on any atom is 0.0683 e. The van der Waals surface area contributed by atoms with Crippen LogP contribution in [0.5, 0.6) is 0 Å². The van der Waals surface area contributed by atoms with Gasteiger partial charge in [-0.25, -0.2) is 0 Å². The molecule has 3 nitrogen and oxygen atoms in total. The molecule has 26 heavy (non-hydrogen) atoms. The molecule has 3 heteroatoms. The summed E-state index contributed by atoms with van der Waals surface area (Å²) in [7, 11) is 0. The summed E-state index contributed by atoms with van der Waals surface area (Å²) in [6, 6.07) is 31.2. The van der Waals surface area contributed by atoms with E-state index in [0.717, 1.165) is 11.3 Å². The lowest BCUT2D eigenvalue weighted by Crippen LogP contribution is -2.41. The van der Waals surface area contributed by atoms with E-state index in [0.29, 0.717) is 6.42 Å². The molecule has 3 aromatic rings. The number of piperidine rings is 1. The highest BCUT2D eigenvalue weighted by atomic mass is 16.4. The Morgan fingerprint density at radius 1 is 0.692 bits per heavy atom. The Labute approximate surface area is 154 Å². The standard InChI is InChI=1S/C23H22N2O/c26-25-21-16-20(17-10-4-1-5-11-17)24-23(19-14-8-3-9-15-19)22(21)18-12-6-2-7-13-18/h1-15,20,22-24,26H,16H2/b25-21-/t20-,22+,23-/m0/s1. The van der Waals surface area contributed by atoms with Crippen molar-refractivity contribution in [1.82, 2.24) is 5.32 Å². The highest BCUT2D eigenvalue weighted by Gasteiger charge is 2.37. The van der Waals surface area contributed by atoms with Crippen LogP contribution < -0.4 is 5.32 Å². The molecule has 1 aliphatic rings. The maximum atomic E-state index is 9.81. The fraction of sp³-hybridized carbons (Fsp3) is 0.174. The fourth-order valence-electron chi connectivity index (χ4n) is 3.90. The Balaban J connectivity index is 1.78. The molecule has 4 rings (SSSR count). The Morgan fingerprint density at radius 3 is 1.73 bits per heavy atom. The fourth-order valence-corrected chi connectivity index (χ4v) is 3.90. The smallest absolute Gasteiger partial charge is 0.0683 e. The first-order valence-corrected chi connectivity index (χ1v) is 8.98. The summed E-state index contributed by atoms with van der Waals surface area (Å²) < 4.78 is 0. The first-order chi connectivity index (χ1) is 12.9. The summed E-state index contributed by atoms with van der Waals surface area (Å²) >= 11 is 0. The second kappa shape index (κ2) is 7.54. The first-order valence-electron chi connectivity index (χ1n) is 8.98. The van der Waals surface area contributed by atoms with Crippen LogP contribution in [0.3, 0.4) is 0 Å². The van der Waals surface area contributed by atoms with Gasteiger partial charge in [0.05, 0.1) is 5.71 Å².